The van der Waals surface area contributed by atoms with Crippen LogP contribution in [0, 0.1) is 12.7 Å². The monoisotopic (exact) mass is 491 g/mol. The minimum atomic E-state index is -0.459. The lowest BCUT2D eigenvalue weighted by Gasteiger charge is -2.15. The van der Waals surface area contributed by atoms with Crippen molar-refractivity contribution in [1.29, 1.82) is 0 Å². The van der Waals surface area contributed by atoms with Gasteiger partial charge in [0.05, 0.1) is 36.7 Å². The molecule has 0 radical (unpaired) electrons. The molecule has 0 aliphatic carbocycles. The molecular formula is C28H30FN3O4. The van der Waals surface area contributed by atoms with Gasteiger partial charge >= 0.3 is 5.97 Å². The lowest BCUT2D eigenvalue weighted by Crippen LogP contribution is -2.16. The molecule has 8 heteroatoms. The Hall–Kier alpha value is -3.49. The number of carbonyl (C=O) groups excluding carboxylic acids is 1. The summed E-state index contributed by atoms with van der Waals surface area (Å²) in [7, 11) is 1.83. The minimum absolute atomic E-state index is 0.0188. The topological polar surface area (TPSA) is 78.5 Å². The number of ether oxygens (including phenoxy) is 2. The summed E-state index contributed by atoms with van der Waals surface area (Å²) in [6.07, 6.45) is 0.933. The third-order valence-corrected chi connectivity index (χ3v) is 6.87. The third kappa shape index (κ3) is 4.00. The molecule has 0 unspecified atom stereocenters. The molecule has 0 bridgehead atoms. The number of fused-ring (bicyclic) bond motifs is 3. The van der Waals surface area contributed by atoms with E-state index in [0.29, 0.717) is 54.0 Å². The van der Waals surface area contributed by atoms with Gasteiger partial charge in [0.1, 0.15) is 11.5 Å². The van der Waals surface area contributed by atoms with E-state index in [9.17, 15) is 9.90 Å². The Morgan fingerprint density at radius 1 is 1.17 bits per heavy atom. The van der Waals surface area contributed by atoms with Crippen LogP contribution in [-0.2, 0) is 42.7 Å². The third-order valence-electron chi connectivity index (χ3n) is 6.87. The summed E-state index contributed by atoms with van der Waals surface area (Å²) in [5.41, 5.74) is 6.27. The number of carbonyl (C=O) groups is 1. The van der Waals surface area contributed by atoms with Gasteiger partial charge in [-0.3, -0.25) is 4.68 Å². The molecule has 0 atom stereocenters. The number of nitrogens with zero attached hydrogens (tertiary/aromatic N) is 3. The fourth-order valence-electron chi connectivity index (χ4n) is 5.31. The van der Waals surface area contributed by atoms with Crippen molar-refractivity contribution < 1.29 is 23.8 Å². The Bertz CT molecular complexity index is 1450. The molecule has 0 amide bonds. The van der Waals surface area contributed by atoms with E-state index in [4.69, 9.17) is 9.47 Å². The van der Waals surface area contributed by atoms with Crippen LogP contribution in [0.25, 0.3) is 22.0 Å². The highest BCUT2D eigenvalue weighted by molar-refractivity contribution is 6.05. The standard InChI is InChI=1S/C28H30FN3O4/c1-4-36-28(34)27-20(10-7-13-33)21-11-12-22(29)25-24-17(2)30-31(3)23(24)16-35-15-19-9-6-5-8-18(19)14-32(27)26(21)25/h5-6,8-9,11-12,33H,4,7,10,13-16H2,1-3H3. The van der Waals surface area contributed by atoms with Crippen LogP contribution in [0.5, 0.6) is 0 Å². The first-order chi connectivity index (χ1) is 17.5. The highest BCUT2D eigenvalue weighted by atomic mass is 19.1. The molecule has 2 aromatic heterocycles. The van der Waals surface area contributed by atoms with Crippen molar-refractivity contribution in [2.24, 2.45) is 7.05 Å². The summed E-state index contributed by atoms with van der Waals surface area (Å²) in [6.45, 7) is 4.80. The lowest BCUT2D eigenvalue weighted by atomic mass is 9.97. The van der Waals surface area contributed by atoms with E-state index in [-0.39, 0.29) is 19.8 Å². The van der Waals surface area contributed by atoms with E-state index in [1.807, 2.05) is 42.8 Å². The smallest absolute Gasteiger partial charge is 0.355 e. The van der Waals surface area contributed by atoms with Gasteiger partial charge in [0.2, 0.25) is 0 Å². The first kappa shape index (κ1) is 24.2. The fraction of sp³-hybridized carbons (Fsp3) is 0.357. The number of hydrogen-bond acceptors (Lipinski definition) is 5. The number of rotatable bonds is 5. The summed E-state index contributed by atoms with van der Waals surface area (Å²) in [6, 6.07) is 11.1. The highest BCUT2D eigenvalue weighted by Crippen LogP contribution is 2.41. The number of hydrogen-bond donors (Lipinski definition) is 1. The maximum atomic E-state index is 15.8. The zero-order valence-electron chi connectivity index (χ0n) is 20.8. The molecule has 188 valence electrons. The summed E-state index contributed by atoms with van der Waals surface area (Å²) >= 11 is 0. The average Bonchev–Trinajstić information content (AvgIpc) is 3.30. The molecule has 1 aliphatic heterocycles. The summed E-state index contributed by atoms with van der Waals surface area (Å²) in [5, 5.41) is 15.0. The van der Waals surface area contributed by atoms with Gasteiger partial charge in [0.15, 0.2) is 0 Å². The first-order valence-corrected chi connectivity index (χ1v) is 12.2. The summed E-state index contributed by atoms with van der Waals surface area (Å²) < 4.78 is 31.1. The second-order valence-corrected chi connectivity index (χ2v) is 9.07. The first-order valence-electron chi connectivity index (χ1n) is 12.2. The maximum Gasteiger partial charge on any atom is 0.355 e. The van der Waals surface area contributed by atoms with E-state index >= 15 is 4.39 Å². The van der Waals surface area contributed by atoms with Gasteiger partial charge in [0.25, 0.3) is 0 Å². The van der Waals surface area contributed by atoms with Crippen molar-refractivity contribution in [2.75, 3.05) is 13.2 Å². The van der Waals surface area contributed by atoms with Gasteiger partial charge in [-0.25, -0.2) is 9.18 Å². The van der Waals surface area contributed by atoms with E-state index < -0.39 is 11.8 Å². The largest absolute Gasteiger partial charge is 0.461 e. The number of aryl methyl sites for hydroxylation is 3. The van der Waals surface area contributed by atoms with Gasteiger partial charge in [0, 0.05) is 36.7 Å². The van der Waals surface area contributed by atoms with Crippen LogP contribution in [0.2, 0.25) is 0 Å². The van der Waals surface area contributed by atoms with Gasteiger partial charge in [-0.1, -0.05) is 24.3 Å². The number of esters is 1. The normalized spacial score (nSPS) is 13.2. The number of benzene rings is 2. The molecule has 0 spiro atoms. The van der Waals surface area contributed by atoms with E-state index in [1.165, 1.54) is 6.07 Å². The van der Waals surface area contributed by atoms with Crippen molar-refractivity contribution in [3.05, 3.63) is 76.0 Å². The lowest BCUT2D eigenvalue weighted by molar-refractivity contribution is 0.0513. The minimum Gasteiger partial charge on any atom is -0.461 e. The van der Waals surface area contributed by atoms with Crippen LogP contribution in [-0.4, -0.2) is 38.6 Å². The zero-order valence-corrected chi connectivity index (χ0v) is 20.8. The Morgan fingerprint density at radius 2 is 1.94 bits per heavy atom. The predicted octanol–water partition coefficient (Wildman–Crippen LogP) is 4.67. The quantitative estimate of drug-likeness (QED) is 0.411. The molecule has 2 aromatic carbocycles. The molecule has 5 rings (SSSR count). The molecule has 0 saturated carbocycles. The number of aliphatic hydroxyl groups excluding tert-OH is 1. The molecule has 0 fully saturated rings. The van der Waals surface area contributed by atoms with Gasteiger partial charge < -0.3 is 19.1 Å². The Balaban J connectivity index is 1.94. The molecule has 1 aliphatic rings. The second-order valence-electron chi connectivity index (χ2n) is 9.07. The molecule has 3 heterocycles. The maximum absolute atomic E-state index is 15.8. The molecule has 7 nitrogen and oxygen atoms in total. The van der Waals surface area contributed by atoms with Crippen LogP contribution in [0.15, 0.2) is 36.4 Å². The van der Waals surface area contributed by atoms with E-state index in [0.717, 1.165) is 27.8 Å². The van der Waals surface area contributed by atoms with Crippen molar-refractivity contribution >= 4 is 16.9 Å². The van der Waals surface area contributed by atoms with Gasteiger partial charge in [-0.05, 0) is 55.5 Å². The highest BCUT2D eigenvalue weighted by Gasteiger charge is 2.30. The molecular weight excluding hydrogens is 461 g/mol. The van der Waals surface area contributed by atoms with Crippen LogP contribution in [0.1, 0.15) is 51.9 Å². The molecule has 1 N–H and O–H groups in total. The van der Waals surface area contributed by atoms with Crippen molar-refractivity contribution in [1.82, 2.24) is 14.3 Å². The van der Waals surface area contributed by atoms with Crippen LogP contribution in [0.4, 0.5) is 4.39 Å². The van der Waals surface area contributed by atoms with E-state index in [1.54, 1.807) is 17.7 Å². The molecule has 4 aromatic rings. The van der Waals surface area contributed by atoms with E-state index in [2.05, 4.69) is 5.10 Å². The van der Waals surface area contributed by atoms with Gasteiger partial charge in [-0.2, -0.15) is 5.10 Å². The Morgan fingerprint density at radius 3 is 2.69 bits per heavy atom. The van der Waals surface area contributed by atoms with Crippen molar-refractivity contribution in [2.45, 2.75) is 46.4 Å². The Labute approximate surface area is 209 Å². The van der Waals surface area contributed by atoms with Crippen molar-refractivity contribution in [3.8, 4) is 11.1 Å². The second kappa shape index (κ2) is 9.87. The summed E-state index contributed by atoms with van der Waals surface area (Å²) in [5.74, 6) is -0.852. The van der Waals surface area contributed by atoms with Crippen LogP contribution < -0.4 is 0 Å². The molecule has 36 heavy (non-hydrogen) atoms. The number of aliphatic hydroxyl groups is 1. The van der Waals surface area contributed by atoms with Gasteiger partial charge in [-0.15, -0.1) is 0 Å². The summed E-state index contributed by atoms with van der Waals surface area (Å²) in [4.78, 5) is 13.4. The van der Waals surface area contributed by atoms with Crippen LogP contribution >= 0.6 is 0 Å². The van der Waals surface area contributed by atoms with Crippen molar-refractivity contribution in [3.63, 3.8) is 0 Å². The zero-order chi connectivity index (χ0) is 25.4. The SMILES string of the molecule is CCOC(=O)c1c(CCCO)c2ccc(F)c3c2n1Cc1ccccc1COCc1c-3c(C)nn1C. The average molecular weight is 492 g/mol. The number of halogens is 1. The predicted molar refractivity (Wildman–Crippen MR) is 134 cm³/mol. The fourth-order valence-corrected chi connectivity index (χ4v) is 5.31. The van der Waals surface area contributed by atoms with Crippen LogP contribution in [0.3, 0.4) is 0 Å². The molecule has 0 saturated heterocycles. The Kier molecular flexibility index (Phi) is 6.64. The number of aromatic nitrogens is 3.